The number of piperazine rings is 1. The lowest BCUT2D eigenvalue weighted by molar-refractivity contribution is -0.0494. The molecule has 0 amide bonds. The van der Waals surface area contributed by atoms with Crippen LogP contribution in [0.4, 0.5) is 20.2 Å². The van der Waals surface area contributed by atoms with Crippen molar-refractivity contribution in [3.8, 4) is 5.75 Å². The number of hydrogen-bond acceptors (Lipinski definition) is 5. The minimum atomic E-state index is -4.22. The van der Waals surface area contributed by atoms with Crippen LogP contribution in [0.15, 0.2) is 41.3 Å². The SMILES string of the molecule is Cc1ccc(OC(F)F)c(N(Cl)S(=O)(=O)c2ccc(C)c(N3CCN(C)CC3)c2)c1. The number of ether oxygens (including phenoxy) is 1. The van der Waals surface area contributed by atoms with Crippen molar-refractivity contribution < 1.29 is 21.9 Å². The molecule has 2 aromatic rings. The molecule has 0 N–H and O–H groups in total. The van der Waals surface area contributed by atoms with Gasteiger partial charge in [-0.1, -0.05) is 12.1 Å². The maximum absolute atomic E-state index is 13.2. The van der Waals surface area contributed by atoms with E-state index in [1.165, 1.54) is 24.3 Å². The first-order valence-electron chi connectivity index (χ1n) is 9.40. The Morgan fingerprint density at radius 1 is 1.07 bits per heavy atom. The van der Waals surface area contributed by atoms with Gasteiger partial charge in [-0.15, -0.1) is 0 Å². The molecule has 1 heterocycles. The Labute approximate surface area is 180 Å². The molecule has 1 saturated heterocycles. The summed E-state index contributed by atoms with van der Waals surface area (Å²) in [5, 5.41) is 0. The topological polar surface area (TPSA) is 53.1 Å². The molecule has 30 heavy (non-hydrogen) atoms. The van der Waals surface area contributed by atoms with Gasteiger partial charge in [0.15, 0.2) is 5.75 Å². The molecule has 3 rings (SSSR count). The Bertz CT molecular complexity index is 1010. The molecule has 0 aliphatic carbocycles. The van der Waals surface area contributed by atoms with Crippen molar-refractivity contribution in [1.82, 2.24) is 4.90 Å². The molecule has 0 radical (unpaired) electrons. The van der Waals surface area contributed by atoms with Gasteiger partial charge in [-0.3, -0.25) is 0 Å². The maximum Gasteiger partial charge on any atom is 0.387 e. The average Bonchev–Trinajstić information content (AvgIpc) is 2.69. The van der Waals surface area contributed by atoms with E-state index in [0.29, 0.717) is 9.39 Å². The van der Waals surface area contributed by atoms with E-state index in [0.717, 1.165) is 37.4 Å². The largest absolute Gasteiger partial charge is 0.433 e. The minimum Gasteiger partial charge on any atom is -0.433 e. The number of aryl methyl sites for hydroxylation is 2. The second-order valence-corrected chi connectivity index (χ2v) is 9.63. The molecule has 0 unspecified atom stereocenters. The van der Waals surface area contributed by atoms with Gasteiger partial charge >= 0.3 is 6.61 Å². The fourth-order valence-corrected chi connectivity index (χ4v) is 4.78. The van der Waals surface area contributed by atoms with E-state index in [4.69, 9.17) is 11.8 Å². The third-order valence-corrected chi connectivity index (χ3v) is 7.25. The van der Waals surface area contributed by atoms with Crippen LogP contribution in [0.2, 0.25) is 0 Å². The van der Waals surface area contributed by atoms with Gasteiger partial charge in [-0.2, -0.15) is 21.0 Å². The summed E-state index contributed by atoms with van der Waals surface area (Å²) in [7, 11) is -2.18. The summed E-state index contributed by atoms with van der Waals surface area (Å²) in [5.41, 5.74) is 2.23. The lowest BCUT2D eigenvalue weighted by atomic mass is 10.1. The summed E-state index contributed by atoms with van der Waals surface area (Å²) in [4.78, 5) is 4.31. The van der Waals surface area contributed by atoms with E-state index in [-0.39, 0.29) is 16.3 Å². The van der Waals surface area contributed by atoms with Crippen molar-refractivity contribution in [2.24, 2.45) is 0 Å². The molecule has 0 saturated carbocycles. The maximum atomic E-state index is 13.2. The molecule has 1 fully saturated rings. The van der Waals surface area contributed by atoms with Crippen molar-refractivity contribution in [3.05, 3.63) is 47.5 Å². The van der Waals surface area contributed by atoms with Gasteiger partial charge in [-0.05, 0) is 56.3 Å². The lowest BCUT2D eigenvalue weighted by Gasteiger charge is -2.35. The number of anilines is 2. The third kappa shape index (κ3) is 4.79. The van der Waals surface area contributed by atoms with Gasteiger partial charge < -0.3 is 14.5 Å². The minimum absolute atomic E-state index is 0.0264. The Balaban J connectivity index is 1.98. The van der Waals surface area contributed by atoms with Crippen LogP contribution < -0.4 is 13.5 Å². The van der Waals surface area contributed by atoms with Crippen molar-refractivity contribution in [2.45, 2.75) is 25.4 Å². The summed E-state index contributed by atoms with van der Waals surface area (Å²) >= 11 is 6.19. The zero-order chi connectivity index (χ0) is 22.1. The first-order chi connectivity index (χ1) is 14.1. The first-order valence-corrected chi connectivity index (χ1v) is 11.2. The highest BCUT2D eigenvalue weighted by Gasteiger charge is 2.28. The zero-order valence-electron chi connectivity index (χ0n) is 17.0. The highest BCUT2D eigenvalue weighted by molar-refractivity contribution is 7.94. The Morgan fingerprint density at radius 2 is 1.73 bits per heavy atom. The van der Waals surface area contributed by atoms with Crippen LogP contribution in [0, 0.1) is 13.8 Å². The van der Waals surface area contributed by atoms with Gasteiger partial charge in [0.25, 0.3) is 10.0 Å². The number of alkyl halides is 2. The van der Waals surface area contributed by atoms with Crippen LogP contribution in [0.3, 0.4) is 0 Å². The average molecular weight is 460 g/mol. The molecule has 164 valence electrons. The summed E-state index contributed by atoms with van der Waals surface area (Å²) in [6.45, 7) is 3.79. The van der Waals surface area contributed by atoms with Crippen molar-refractivity contribution >= 4 is 33.2 Å². The summed E-state index contributed by atoms with van der Waals surface area (Å²) in [6.07, 6.45) is 0. The van der Waals surface area contributed by atoms with Crippen LogP contribution in [0.1, 0.15) is 11.1 Å². The number of hydrogen-bond donors (Lipinski definition) is 0. The van der Waals surface area contributed by atoms with Crippen LogP contribution in [-0.4, -0.2) is 53.2 Å². The molecule has 0 bridgehead atoms. The van der Waals surface area contributed by atoms with E-state index >= 15 is 0 Å². The predicted molar refractivity (Wildman–Crippen MR) is 114 cm³/mol. The quantitative estimate of drug-likeness (QED) is 0.611. The standard InChI is InChI=1S/C20H24ClF2N3O3S/c1-14-4-7-19(29-20(22)23)18(12-14)26(21)30(27,28)16-6-5-15(2)17(13-16)25-10-8-24(3)9-11-25/h4-7,12-13,20H,8-11H2,1-3H3. The van der Waals surface area contributed by atoms with Crippen LogP contribution in [0.25, 0.3) is 0 Å². The van der Waals surface area contributed by atoms with Gasteiger partial charge in [0.2, 0.25) is 0 Å². The lowest BCUT2D eigenvalue weighted by Crippen LogP contribution is -2.44. The first kappa shape index (κ1) is 22.6. The van der Waals surface area contributed by atoms with E-state index in [9.17, 15) is 17.2 Å². The Morgan fingerprint density at radius 3 is 2.37 bits per heavy atom. The van der Waals surface area contributed by atoms with Gasteiger partial charge in [0.05, 0.1) is 4.90 Å². The third-order valence-electron chi connectivity index (χ3n) is 5.05. The molecule has 1 aliphatic heterocycles. The number of halogens is 3. The molecule has 6 nitrogen and oxygen atoms in total. The number of sulfonamides is 1. The molecular formula is C20H24ClF2N3O3S. The van der Waals surface area contributed by atoms with Crippen molar-refractivity contribution in [3.63, 3.8) is 0 Å². The Kier molecular flexibility index (Phi) is 6.74. The van der Waals surface area contributed by atoms with Gasteiger partial charge in [-0.25, -0.2) is 0 Å². The van der Waals surface area contributed by atoms with E-state index in [1.54, 1.807) is 19.1 Å². The molecule has 10 heteroatoms. The normalized spacial score (nSPS) is 15.5. The summed E-state index contributed by atoms with van der Waals surface area (Å²) < 4.78 is 56.9. The molecule has 0 atom stereocenters. The monoisotopic (exact) mass is 459 g/mol. The number of likely N-dealkylation sites (N-methyl/N-ethyl adjacent to an activating group) is 1. The molecule has 0 spiro atoms. The highest BCUT2D eigenvalue weighted by Crippen LogP contribution is 2.37. The molecular weight excluding hydrogens is 436 g/mol. The van der Waals surface area contributed by atoms with Crippen LogP contribution in [-0.2, 0) is 10.0 Å². The van der Waals surface area contributed by atoms with Gasteiger partial charge in [0, 0.05) is 43.6 Å². The van der Waals surface area contributed by atoms with E-state index in [2.05, 4.69) is 14.5 Å². The second kappa shape index (κ2) is 8.95. The number of benzene rings is 2. The summed E-state index contributed by atoms with van der Waals surface area (Å²) in [5.74, 6) is -0.319. The number of rotatable bonds is 6. The van der Waals surface area contributed by atoms with E-state index < -0.39 is 16.6 Å². The van der Waals surface area contributed by atoms with Crippen molar-refractivity contribution in [2.75, 3.05) is 42.0 Å². The highest BCUT2D eigenvalue weighted by atomic mass is 35.5. The fraction of sp³-hybridized carbons (Fsp3) is 0.400. The van der Waals surface area contributed by atoms with E-state index in [1.807, 2.05) is 14.0 Å². The predicted octanol–water partition coefficient (Wildman–Crippen LogP) is 4.01. The molecule has 1 aliphatic rings. The second-order valence-electron chi connectivity index (χ2n) is 7.31. The summed E-state index contributed by atoms with van der Waals surface area (Å²) in [6, 6.07) is 8.95. The zero-order valence-corrected chi connectivity index (χ0v) is 18.6. The number of nitrogens with zero attached hydrogens (tertiary/aromatic N) is 3. The smallest absolute Gasteiger partial charge is 0.387 e. The van der Waals surface area contributed by atoms with Gasteiger partial charge in [0.1, 0.15) is 5.69 Å². The fourth-order valence-electron chi connectivity index (χ4n) is 3.32. The molecule has 2 aromatic carbocycles. The molecule has 0 aromatic heterocycles. The van der Waals surface area contributed by atoms with Crippen LogP contribution >= 0.6 is 11.8 Å². The Hall–Kier alpha value is -2.10. The van der Waals surface area contributed by atoms with Crippen LogP contribution in [0.5, 0.6) is 5.75 Å². The van der Waals surface area contributed by atoms with Crippen molar-refractivity contribution in [1.29, 1.82) is 0 Å².